The number of aliphatic hydroxyl groups excluding tert-OH is 1. The summed E-state index contributed by atoms with van der Waals surface area (Å²) in [6.07, 6.45) is 2.11. The van der Waals surface area contributed by atoms with Gasteiger partial charge in [-0.15, -0.1) is 0 Å². The van der Waals surface area contributed by atoms with Gasteiger partial charge >= 0.3 is 0 Å². The first-order valence-corrected chi connectivity index (χ1v) is 4.29. The summed E-state index contributed by atoms with van der Waals surface area (Å²) in [5, 5.41) is 11.6. The Kier molecular flexibility index (Phi) is 6.70. The molecular weight excluding hydrogens is 156 g/mol. The Morgan fingerprint density at radius 3 is 2.75 bits per heavy atom. The molecular formula is C8H18N2O2. The van der Waals surface area contributed by atoms with Gasteiger partial charge in [0.2, 0.25) is 5.91 Å². The zero-order valence-electron chi connectivity index (χ0n) is 7.55. The van der Waals surface area contributed by atoms with E-state index in [0.29, 0.717) is 6.42 Å². The average Bonchev–Trinajstić information content (AvgIpc) is 1.97. The van der Waals surface area contributed by atoms with Crippen LogP contribution in [0.15, 0.2) is 0 Å². The van der Waals surface area contributed by atoms with E-state index >= 15 is 0 Å². The molecule has 0 aliphatic heterocycles. The zero-order valence-corrected chi connectivity index (χ0v) is 7.55. The van der Waals surface area contributed by atoms with Gasteiger partial charge in [0.25, 0.3) is 0 Å². The van der Waals surface area contributed by atoms with Gasteiger partial charge in [-0.1, -0.05) is 0 Å². The number of nitrogens with two attached hydrogens (primary N) is 1. The largest absolute Gasteiger partial charge is 0.396 e. The molecule has 0 spiro atoms. The minimum absolute atomic E-state index is 0.140. The number of unbranched alkanes of at least 4 members (excludes halogenated alkanes) is 1. The molecule has 1 unspecified atom stereocenters. The summed E-state index contributed by atoms with van der Waals surface area (Å²) in [5.74, 6) is -0.280. The molecule has 0 aromatic heterocycles. The number of nitrogens with one attached hydrogen (secondary N) is 1. The lowest BCUT2D eigenvalue weighted by atomic mass is 10.2. The molecule has 0 bridgehead atoms. The number of hydrogen-bond acceptors (Lipinski definition) is 3. The molecule has 0 rings (SSSR count). The van der Waals surface area contributed by atoms with Crippen molar-refractivity contribution >= 4 is 5.91 Å². The number of primary amides is 1. The van der Waals surface area contributed by atoms with Crippen LogP contribution in [0, 0.1) is 0 Å². The molecule has 0 saturated heterocycles. The Hall–Kier alpha value is -0.610. The second kappa shape index (κ2) is 7.06. The molecule has 0 aliphatic rings. The maximum Gasteiger partial charge on any atom is 0.218 e. The van der Waals surface area contributed by atoms with E-state index in [1.54, 1.807) is 0 Å². The fourth-order valence-corrected chi connectivity index (χ4v) is 0.959. The zero-order chi connectivity index (χ0) is 9.40. The van der Waals surface area contributed by atoms with Crippen molar-refractivity contribution in [2.45, 2.75) is 32.2 Å². The molecule has 0 radical (unpaired) electrons. The lowest BCUT2D eigenvalue weighted by molar-refractivity contribution is -0.118. The van der Waals surface area contributed by atoms with Gasteiger partial charge in [-0.3, -0.25) is 4.79 Å². The molecule has 4 nitrogen and oxygen atoms in total. The molecule has 4 heteroatoms. The van der Waals surface area contributed by atoms with E-state index < -0.39 is 0 Å². The molecule has 0 saturated carbocycles. The standard InChI is InChI=1S/C8H18N2O2/c1-7(6-8(9)12)10-4-2-3-5-11/h7,10-11H,2-6H2,1H3,(H2,9,12). The quantitative estimate of drug-likeness (QED) is 0.460. The third-order valence-electron chi connectivity index (χ3n) is 1.59. The van der Waals surface area contributed by atoms with Crippen molar-refractivity contribution in [3.63, 3.8) is 0 Å². The van der Waals surface area contributed by atoms with E-state index in [4.69, 9.17) is 10.8 Å². The number of amides is 1. The minimum Gasteiger partial charge on any atom is -0.396 e. The van der Waals surface area contributed by atoms with E-state index in [1.807, 2.05) is 6.92 Å². The average molecular weight is 174 g/mol. The van der Waals surface area contributed by atoms with Crippen LogP contribution in [-0.2, 0) is 4.79 Å². The predicted molar refractivity (Wildman–Crippen MR) is 47.6 cm³/mol. The topological polar surface area (TPSA) is 75.4 Å². The maximum absolute atomic E-state index is 10.4. The van der Waals surface area contributed by atoms with Crippen LogP contribution < -0.4 is 11.1 Å². The third kappa shape index (κ3) is 7.50. The van der Waals surface area contributed by atoms with Crippen LogP contribution in [0.5, 0.6) is 0 Å². The Morgan fingerprint density at radius 2 is 2.25 bits per heavy atom. The summed E-state index contributed by atoms with van der Waals surface area (Å²) >= 11 is 0. The van der Waals surface area contributed by atoms with Crippen LogP contribution in [0.4, 0.5) is 0 Å². The Labute approximate surface area is 73.1 Å². The van der Waals surface area contributed by atoms with E-state index in [9.17, 15) is 4.79 Å². The second-order valence-electron chi connectivity index (χ2n) is 2.96. The van der Waals surface area contributed by atoms with E-state index in [0.717, 1.165) is 19.4 Å². The number of hydrogen-bond donors (Lipinski definition) is 3. The highest BCUT2D eigenvalue weighted by atomic mass is 16.2. The molecule has 0 heterocycles. The van der Waals surface area contributed by atoms with Crippen molar-refractivity contribution in [2.75, 3.05) is 13.2 Å². The summed E-state index contributed by atoms with van der Waals surface area (Å²) in [6, 6.07) is 0.140. The van der Waals surface area contributed by atoms with Crippen LogP contribution in [0.1, 0.15) is 26.2 Å². The van der Waals surface area contributed by atoms with Crippen molar-refractivity contribution in [1.29, 1.82) is 0 Å². The highest BCUT2D eigenvalue weighted by Gasteiger charge is 2.03. The van der Waals surface area contributed by atoms with Gasteiger partial charge in [-0.2, -0.15) is 0 Å². The monoisotopic (exact) mass is 174 g/mol. The van der Waals surface area contributed by atoms with Crippen LogP contribution in [-0.4, -0.2) is 30.2 Å². The second-order valence-corrected chi connectivity index (χ2v) is 2.96. The SMILES string of the molecule is CC(CC(N)=O)NCCCCO. The van der Waals surface area contributed by atoms with Gasteiger partial charge in [0.1, 0.15) is 0 Å². The molecule has 12 heavy (non-hydrogen) atoms. The Morgan fingerprint density at radius 1 is 1.58 bits per heavy atom. The lowest BCUT2D eigenvalue weighted by Crippen LogP contribution is -2.31. The fraction of sp³-hybridized carbons (Fsp3) is 0.875. The fourth-order valence-electron chi connectivity index (χ4n) is 0.959. The number of aliphatic hydroxyl groups is 1. The van der Waals surface area contributed by atoms with Gasteiger partial charge in [0, 0.05) is 19.1 Å². The smallest absolute Gasteiger partial charge is 0.218 e. The molecule has 1 amide bonds. The Bertz CT molecular complexity index is 128. The molecule has 0 aromatic carbocycles. The van der Waals surface area contributed by atoms with Crippen LogP contribution in [0.3, 0.4) is 0 Å². The first-order valence-electron chi connectivity index (χ1n) is 4.29. The maximum atomic E-state index is 10.4. The molecule has 0 fully saturated rings. The number of carbonyl (C=O) groups is 1. The summed E-state index contributed by atoms with van der Waals surface area (Å²) in [4.78, 5) is 10.4. The summed E-state index contributed by atoms with van der Waals surface area (Å²) in [6.45, 7) is 2.98. The lowest BCUT2D eigenvalue weighted by Gasteiger charge is -2.10. The normalized spacial score (nSPS) is 12.8. The first-order chi connectivity index (χ1) is 5.66. The molecule has 0 aromatic rings. The summed E-state index contributed by atoms with van der Waals surface area (Å²) in [5.41, 5.74) is 5.00. The predicted octanol–water partition coefficient (Wildman–Crippen LogP) is -0.388. The number of rotatable bonds is 7. The van der Waals surface area contributed by atoms with E-state index in [1.165, 1.54) is 0 Å². The van der Waals surface area contributed by atoms with Gasteiger partial charge in [-0.25, -0.2) is 0 Å². The van der Waals surface area contributed by atoms with Crippen LogP contribution in [0.2, 0.25) is 0 Å². The highest BCUT2D eigenvalue weighted by molar-refractivity contribution is 5.74. The molecule has 1 atom stereocenters. The summed E-state index contributed by atoms with van der Waals surface area (Å²) < 4.78 is 0. The molecule has 0 aliphatic carbocycles. The van der Waals surface area contributed by atoms with Gasteiger partial charge in [0.05, 0.1) is 0 Å². The highest BCUT2D eigenvalue weighted by Crippen LogP contribution is 1.90. The Balaban J connectivity index is 3.19. The molecule has 4 N–H and O–H groups in total. The van der Waals surface area contributed by atoms with Gasteiger partial charge in [0.15, 0.2) is 0 Å². The van der Waals surface area contributed by atoms with Crippen molar-refractivity contribution in [2.24, 2.45) is 5.73 Å². The summed E-state index contributed by atoms with van der Waals surface area (Å²) in [7, 11) is 0. The van der Waals surface area contributed by atoms with Crippen LogP contribution in [0.25, 0.3) is 0 Å². The van der Waals surface area contributed by atoms with E-state index in [-0.39, 0.29) is 18.6 Å². The van der Waals surface area contributed by atoms with E-state index in [2.05, 4.69) is 5.32 Å². The van der Waals surface area contributed by atoms with Crippen molar-refractivity contribution in [3.8, 4) is 0 Å². The van der Waals surface area contributed by atoms with Gasteiger partial charge in [-0.05, 0) is 26.3 Å². The van der Waals surface area contributed by atoms with Crippen molar-refractivity contribution in [1.82, 2.24) is 5.32 Å². The minimum atomic E-state index is -0.280. The molecule has 72 valence electrons. The van der Waals surface area contributed by atoms with Crippen molar-refractivity contribution in [3.05, 3.63) is 0 Å². The van der Waals surface area contributed by atoms with Gasteiger partial charge < -0.3 is 16.2 Å². The van der Waals surface area contributed by atoms with Crippen LogP contribution >= 0.6 is 0 Å². The van der Waals surface area contributed by atoms with Crippen molar-refractivity contribution < 1.29 is 9.90 Å². The third-order valence-corrected chi connectivity index (χ3v) is 1.59. The first kappa shape index (κ1) is 11.4. The number of carbonyl (C=O) groups excluding carboxylic acids is 1.